The molecule has 0 N–H and O–H groups in total. The number of pyridine rings is 1. The summed E-state index contributed by atoms with van der Waals surface area (Å²) in [7, 11) is 0. The highest BCUT2D eigenvalue weighted by Gasteiger charge is 2.08. The summed E-state index contributed by atoms with van der Waals surface area (Å²) in [5, 5.41) is 20.9. The first-order chi connectivity index (χ1) is 6.72. The monoisotopic (exact) mass is 248 g/mol. The second-order valence-corrected chi connectivity index (χ2v) is 3.74. The average molecular weight is 249 g/mol. The molecule has 0 fully saturated rings. The van der Waals surface area contributed by atoms with Crippen LogP contribution in [0.15, 0.2) is 34.9 Å². The topological polar surface area (TPSA) is 50.7 Å². The molecule has 0 aliphatic rings. The van der Waals surface area contributed by atoms with E-state index in [1.54, 1.807) is 18.2 Å². The van der Waals surface area contributed by atoms with Gasteiger partial charge in [0, 0.05) is 16.6 Å². The van der Waals surface area contributed by atoms with Crippen molar-refractivity contribution in [2.45, 2.75) is 0 Å². The number of hydrogen-bond donors (Lipinski definition) is 0. The molecule has 0 radical (unpaired) electrons. The Kier molecular flexibility index (Phi) is 2.10. The quantitative estimate of drug-likeness (QED) is 0.530. The largest absolute Gasteiger partial charge is 0.618 e. The van der Waals surface area contributed by atoms with E-state index in [-0.39, 0.29) is 0 Å². The summed E-state index contributed by atoms with van der Waals surface area (Å²) in [6.07, 6.45) is 1.34. The summed E-state index contributed by atoms with van der Waals surface area (Å²) in [4.78, 5) is 0. The van der Waals surface area contributed by atoms with E-state index >= 15 is 0 Å². The van der Waals surface area contributed by atoms with Crippen LogP contribution >= 0.6 is 15.9 Å². The molecule has 1 aromatic carbocycles. The minimum Gasteiger partial charge on any atom is -0.618 e. The molecule has 0 unspecified atom stereocenters. The number of hydrogen-bond acceptors (Lipinski definition) is 2. The minimum atomic E-state index is 0.507. The van der Waals surface area contributed by atoms with Gasteiger partial charge in [0.2, 0.25) is 5.52 Å². The summed E-state index contributed by atoms with van der Waals surface area (Å²) in [6.45, 7) is 0. The molecule has 0 atom stereocenters. The van der Waals surface area contributed by atoms with Crippen LogP contribution in [0.2, 0.25) is 0 Å². The van der Waals surface area contributed by atoms with Crippen molar-refractivity contribution in [2.24, 2.45) is 0 Å². The van der Waals surface area contributed by atoms with E-state index in [1.165, 1.54) is 12.3 Å². The third-order valence-corrected chi connectivity index (χ3v) is 2.48. The molecule has 2 rings (SSSR count). The molecule has 1 aromatic heterocycles. The second-order valence-electron chi connectivity index (χ2n) is 2.83. The Morgan fingerprint density at radius 1 is 1.36 bits per heavy atom. The lowest BCUT2D eigenvalue weighted by Gasteiger charge is -2.02. The Morgan fingerprint density at radius 3 is 2.86 bits per heavy atom. The van der Waals surface area contributed by atoms with E-state index in [0.29, 0.717) is 16.5 Å². The number of fused-ring (bicyclic) bond motifs is 1. The van der Waals surface area contributed by atoms with E-state index in [0.717, 1.165) is 9.20 Å². The Balaban J connectivity index is 2.94. The summed E-state index contributed by atoms with van der Waals surface area (Å²) in [6, 6.07) is 8.80. The molecule has 4 heteroatoms. The molecule has 0 aliphatic heterocycles. The fourth-order valence-corrected chi connectivity index (χ4v) is 1.69. The van der Waals surface area contributed by atoms with Crippen LogP contribution in [0.4, 0.5) is 0 Å². The molecule has 0 spiro atoms. The van der Waals surface area contributed by atoms with E-state index in [1.807, 2.05) is 0 Å². The molecule has 3 nitrogen and oxygen atoms in total. The van der Waals surface area contributed by atoms with Gasteiger partial charge in [-0.3, -0.25) is 0 Å². The normalized spacial score (nSPS) is 10.0. The van der Waals surface area contributed by atoms with E-state index in [9.17, 15) is 5.21 Å². The molecule has 2 aromatic rings. The molecule has 68 valence electrons. The van der Waals surface area contributed by atoms with Gasteiger partial charge in [-0.25, -0.2) is 0 Å². The lowest BCUT2D eigenvalue weighted by atomic mass is 10.1. The van der Waals surface area contributed by atoms with Crippen molar-refractivity contribution in [1.82, 2.24) is 0 Å². The number of nitriles is 1. The van der Waals surface area contributed by atoms with Gasteiger partial charge in [-0.05, 0) is 12.1 Å². The fraction of sp³-hybridized carbons (Fsp3) is 0. The first-order valence-electron chi connectivity index (χ1n) is 3.94. The van der Waals surface area contributed by atoms with E-state index in [4.69, 9.17) is 5.26 Å². The van der Waals surface area contributed by atoms with Crippen molar-refractivity contribution in [2.75, 3.05) is 0 Å². The van der Waals surface area contributed by atoms with Crippen LogP contribution in [0.3, 0.4) is 0 Å². The Hall–Kier alpha value is -1.60. The van der Waals surface area contributed by atoms with Crippen molar-refractivity contribution in [3.63, 3.8) is 0 Å². The maximum absolute atomic E-state index is 11.4. The predicted molar refractivity (Wildman–Crippen MR) is 55.3 cm³/mol. The number of aromatic nitrogens is 1. The van der Waals surface area contributed by atoms with Gasteiger partial charge in [0.25, 0.3) is 0 Å². The highest BCUT2D eigenvalue weighted by atomic mass is 79.9. The summed E-state index contributed by atoms with van der Waals surface area (Å²) in [5.74, 6) is 0. The van der Waals surface area contributed by atoms with Gasteiger partial charge in [0.1, 0.15) is 6.07 Å². The van der Waals surface area contributed by atoms with E-state index in [2.05, 4.69) is 22.0 Å². The van der Waals surface area contributed by atoms with Crippen LogP contribution in [0.5, 0.6) is 0 Å². The molecule has 0 aliphatic carbocycles. The van der Waals surface area contributed by atoms with Crippen LogP contribution in [-0.2, 0) is 0 Å². The van der Waals surface area contributed by atoms with Gasteiger partial charge in [-0.1, -0.05) is 15.9 Å². The molecule has 0 amide bonds. The molecular weight excluding hydrogens is 244 g/mol. The fourth-order valence-electron chi connectivity index (χ4n) is 1.33. The van der Waals surface area contributed by atoms with Gasteiger partial charge in [-0.15, -0.1) is 0 Å². The SMILES string of the molecule is N#Cc1cc[n+]([O-])c2ccc(Br)cc12. The molecular formula is C10H5BrN2O. The van der Waals surface area contributed by atoms with Crippen LogP contribution in [0, 0.1) is 16.5 Å². The van der Waals surface area contributed by atoms with Gasteiger partial charge in [0.15, 0.2) is 6.20 Å². The third-order valence-electron chi connectivity index (χ3n) is 1.98. The van der Waals surface area contributed by atoms with E-state index < -0.39 is 0 Å². The molecule has 14 heavy (non-hydrogen) atoms. The number of halogens is 1. The van der Waals surface area contributed by atoms with Crippen LogP contribution < -0.4 is 4.73 Å². The smallest absolute Gasteiger partial charge is 0.225 e. The second kappa shape index (κ2) is 3.28. The van der Waals surface area contributed by atoms with Crippen molar-refractivity contribution in [3.05, 3.63) is 45.7 Å². The highest BCUT2D eigenvalue weighted by molar-refractivity contribution is 9.10. The van der Waals surface area contributed by atoms with Crippen molar-refractivity contribution in [3.8, 4) is 6.07 Å². The first kappa shape index (κ1) is 8.97. The summed E-state index contributed by atoms with van der Waals surface area (Å²) >= 11 is 3.30. The van der Waals surface area contributed by atoms with Gasteiger partial charge in [-0.2, -0.15) is 9.99 Å². The zero-order chi connectivity index (χ0) is 10.1. The standard InChI is InChI=1S/C10H5BrN2O/c11-8-1-2-10-9(5-8)7(6-12)3-4-13(10)14/h1-5H. The Labute approximate surface area is 88.9 Å². The van der Waals surface area contributed by atoms with Gasteiger partial charge in [0.05, 0.1) is 10.9 Å². The Morgan fingerprint density at radius 2 is 2.14 bits per heavy atom. The highest BCUT2D eigenvalue weighted by Crippen LogP contribution is 2.19. The van der Waals surface area contributed by atoms with Crippen LogP contribution in [-0.4, -0.2) is 0 Å². The van der Waals surface area contributed by atoms with Gasteiger partial charge >= 0.3 is 0 Å². The Bertz CT molecular complexity index is 546. The zero-order valence-corrected chi connectivity index (χ0v) is 8.65. The average Bonchev–Trinajstić information content (AvgIpc) is 2.18. The lowest BCUT2D eigenvalue weighted by molar-refractivity contribution is -0.577. The van der Waals surface area contributed by atoms with Crippen molar-refractivity contribution < 1.29 is 4.73 Å². The van der Waals surface area contributed by atoms with Crippen LogP contribution in [0.25, 0.3) is 10.9 Å². The maximum atomic E-state index is 11.4. The zero-order valence-electron chi connectivity index (χ0n) is 7.07. The molecule has 0 saturated heterocycles. The molecule has 1 heterocycles. The van der Waals surface area contributed by atoms with Crippen molar-refractivity contribution >= 4 is 26.8 Å². The number of benzene rings is 1. The van der Waals surface area contributed by atoms with Gasteiger partial charge < -0.3 is 5.21 Å². The maximum Gasteiger partial charge on any atom is 0.225 e. The predicted octanol–water partition coefficient (Wildman–Crippen LogP) is 2.11. The molecule has 0 bridgehead atoms. The number of nitrogens with zero attached hydrogens (tertiary/aromatic N) is 2. The summed E-state index contributed by atoms with van der Waals surface area (Å²) in [5.41, 5.74) is 1.01. The van der Waals surface area contributed by atoms with Crippen LogP contribution in [0.1, 0.15) is 5.56 Å². The minimum absolute atomic E-state index is 0.507. The first-order valence-corrected chi connectivity index (χ1v) is 4.73. The molecule has 0 saturated carbocycles. The number of rotatable bonds is 0. The lowest BCUT2D eigenvalue weighted by Crippen LogP contribution is -2.26. The summed E-state index contributed by atoms with van der Waals surface area (Å²) < 4.78 is 1.61. The third kappa shape index (κ3) is 1.32. The van der Waals surface area contributed by atoms with Crippen molar-refractivity contribution in [1.29, 1.82) is 5.26 Å².